The molecule has 0 bridgehead atoms. The van der Waals surface area contributed by atoms with Crippen molar-refractivity contribution in [3.63, 3.8) is 0 Å². The summed E-state index contributed by atoms with van der Waals surface area (Å²) in [4.78, 5) is 12.1. The number of benzene rings is 2. The van der Waals surface area contributed by atoms with E-state index in [1.807, 2.05) is 24.3 Å². The molecule has 0 unspecified atom stereocenters. The van der Waals surface area contributed by atoms with Crippen molar-refractivity contribution in [3.8, 4) is 0 Å². The fourth-order valence-electron chi connectivity index (χ4n) is 1.48. The molecule has 3 nitrogen and oxygen atoms in total. The summed E-state index contributed by atoms with van der Waals surface area (Å²) >= 11 is 5.46. The molecule has 92 valence electrons. The molecule has 18 heavy (non-hydrogen) atoms. The van der Waals surface area contributed by atoms with E-state index >= 15 is 0 Å². The Hall–Kier alpha value is -1.08. The van der Waals surface area contributed by atoms with Gasteiger partial charge < -0.3 is 11.1 Å². The van der Waals surface area contributed by atoms with Crippen molar-refractivity contribution in [3.05, 3.63) is 56.1 Å². The second-order valence-electron chi connectivity index (χ2n) is 3.67. The van der Waals surface area contributed by atoms with Gasteiger partial charge in [-0.2, -0.15) is 0 Å². The molecule has 0 aliphatic heterocycles. The topological polar surface area (TPSA) is 55.1 Å². The van der Waals surface area contributed by atoms with Gasteiger partial charge in [0.15, 0.2) is 0 Å². The summed E-state index contributed by atoms with van der Waals surface area (Å²) in [5, 5.41) is 2.80. The summed E-state index contributed by atoms with van der Waals surface area (Å²) in [6.45, 7) is 0. The van der Waals surface area contributed by atoms with Crippen LogP contribution < -0.4 is 11.1 Å². The third-order valence-corrected chi connectivity index (χ3v) is 3.81. The van der Waals surface area contributed by atoms with Crippen LogP contribution in [0.25, 0.3) is 0 Å². The van der Waals surface area contributed by atoms with E-state index in [2.05, 4.69) is 43.8 Å². The molecule has 5 heteroatoms. The Morgan fingerprint density at radius 1 is 1.22 bits per heavy atom. The highest BCUT2D eigenvalue weighted by Gasteiger charge is 2.10. The summed E-state index contributed by atoms with van der Waals surface area (Å²) < 4.78 is 1.79. The third kappa shape index (κ3) is 3.02. The van der Waals surface area contributed by atoms with E-state index < -0.39 is 0 Å². The van der Waals surface area contributed by atoms with Crippen molar-refractivity contribution in [1.29, 1.82) is 0 Å². The van der Waals surface area contributed by atoms with Crippen molar-refractivity contribution in [2.24, 2.45) is 0 Å². The number of rotatable bonds is 2. The maximum Gasteiger partial charge on any atom is 0.256 e. The number of hydrogen-bond acceptors (Lipinski definition) is 2. The molecule has 0 aliphatic rings. The Labute approximate surface area is 127 Å². The Balaban J connectivity index is 2.24. The van der Waals surface area contributed by atoms with Gasteiger partial charge in [-0.15, -0.1) is 0 Å². The smallest absolute Gasteiger partial charge is 0.256 e. The van der Waals surface area contributed by atoms with E-state index in [1.165, 1.54) is 0 Å². The molecule has 1 amide bonds. The standard InChI is InChI=1S/C13H10BrIN2O/c14-8-5-6-12(11(16)7-8)17-13(18)9-3-1-2-4-10(9)15/h1-7H,16H2,(H,17,18). The Morgan fingerprint density at radius 3 is 2.61 bits per heavy atom. The summed E-state index contributed by atoms with van der Waals surface area (Å²) in [5.74, 6) is -0.158. The van der Waals surface area contributed by atoms with Crippen LogP contribution in [0.4, 0.5) is 11.4 Å². The number of nitrogens with one attached hydrogen (secondary N) is 1. The van der Waals surface area contributed by atoms with Crippen LogP contribution >= 0.6 is 38.5 Å². The van der Waals surface area contributed by atoms with Crippen LogP contribution in [0.1, 0.15) is 10.4 Å². The van der Waals surface area contributed by atoms with E-state index in [9.17, 15) is 4.79 Å². The minimum atomic E-state index is -0.158. The van der Waals surface area contributed by atoms with Gasteiger partial charge in [0, 0.05) is 8.04 Å². The number of carbonyl (C=O) groups excluding carboxylic acids is 1. The first-order chi connectivity index (χ1) is 8.58. The van der Waals surface area contributed by atoms with Crippen LogP contribution in [0, 0.1) is 3.57 Å². The molecule has 0 aliphatic carbocycles. The summed E-state index contributed by atoms with van der Waals surface area (Å²) in [5.41, 5.74) is 7.62. The second-order valence-corrected chi connectivity index (χ2v) is 5.74. The van der Waals surface area contributed by atoms with Gasteiger partial charge in [0.1, 0.15) is 0 Å². The van der Waals surface area contributed by atoms with Gasteiger partial charge in [0.25, 0.3) is 5.91 Å². The molecule has 0 saturated carbocycles. The molecule has 0 saturated heterocycles. The fraction of sp³-hybridized carbons (Fsp3) is 0. The lowest BCUT2D eigenvalue weighted by Crippen LogP contribution is -2.14. The lowest BCUT2D eigenvalue weighted by atomic mass is 10.2. The highest BCUT2D eigenvalue weighted by atomic mass is 127. The van der Waals surface area contributed by atoms with Crippen molar-refractivity contribution in [2.45, 2.75) is 0 Å². The van der Waals surface area contributed by atoms with Gasteiger partial charge in [-0.3, -0.25) is 4.79 Å². The molecule has 0 fully saturated rings. The van der Waals surface area contributed by atoms with Gasteiger partial charge in [-0.25, -0.2) is 0 Å². The Bertz CT molecular complexity index is 601. The predicted octanol–water partition coefficient (Wildman–Crippen LogP) is 3.89. The van der Waals surface area contributed by atoms with Crippen LogP contribution in [0.2, 0.25) is 0 Å². The van der Waals surface area contributed by atoms with Crippen LogP contribution in [0.5, 0.6) is 0 Å². The third-order valence-electron chi connectivity index (χ3n) is 2.38. The van der Waals surface area contributed by atoms with E-state index in [0.29, 0.717) is 16.9 Å². The molecule has 2 rings (SSSR count). The van der Waals surface area contributed by atoms with Crippen LogP contribution in [0.3, 0.4) is 0 Å². The fourth-order valence-corrected chi connectivity index (χ4v) is 2.49. The van der Waals surface area contributed by atoms with Gasteiger partial charge in [-0.05, 0) is 52.9 Å². The molecule has 3 N–H and O–H groups in total. The number of amides is 1. The zero-order chi connectivity index (χ0) is 13.1. The molecule has 0 radical (unpaired) electrons. The summed E-state index contributed by atoms with van der Waals surface area (Å²) in [7, 11) is 0. The van der Waals surface area contributed by atoms with E-state index in [0.717, 1.165) is 8.04 Å². The van der Waals surface area contributed by atoms with Crippen LogP contribution in [-0.4, -0.2) is 5.91 Å². The molecule has 2 aromatic rings. The molecule has 0 spiro atoms. The number of halogens is 2. The van der Waals surface area contributed by atoms with Crippen LogP contribution in [0.15, 0.2) is 46.9 Å². The average molecular weight is 417 g/mol. The second kappa shape index (κ2) is 5.71. The van der Waals surface area contributed by atoms with Gasteiger partial charge in [0.05, 0.1) is 16.9 Å². The normalized spacial score (nSPS) is 10.1. The van der Waals surface area contributed by atoms with Crippen molar-refractivity contribution < 1.29 is 4.79 Å². The minimum absolute atomic E-state index is 0.158. The first kappa shape index (κ1) is 13.4. The average Bonchev–Trinajstić information content (AvgIpc) is 2.33. The van der Waals surface area contributed by atoms with Crippen molar-refractivity contribution >= 4 is 55.8 Å². The quantitative estimate of drug-likeness (QED) is 0.576. The van der Waals surface area contributed by atoms with E-state index in [4.69, 9.17) is 5.73 Å². The lowest BCUT2D eigenvalue weighted by Gasteiger charge is -2.09. The number of hydrogen-bond donors (Lipinski definition) is 2. The monoisotopic (exact) mass is 416 g/mol. The Kier molecular flexibility index (Phi) is 4.23. The highest BCUT2D eigenvalue weighted by Crippen LogP contribution is 2.24. The molecule has 0 aromatic heterocycles. The zero-order valence-corrected chi connectivity index (χ0v) is 13.0. The minimum Gasteiger partial charge on any atom is -0.397 e. The summed E-state index contributed by atoms with van der Waals surface area (Å²) in [6, 6.07) is 12.8. The maximum atomic E-state index is 12.1. The molecular formula is C13H10BrIN2O. The van der Waals surface area contributed by atoms with Gasteiger partial charge in [-0.1, -0.05) is 28.1 Å². The van der Waals surface area contributed by atoms with Crippen molar-refractivity contribution in [2.75, 3.05) is 11.1 Å². The molecule has 0 atom stereocenters. The number of nitrogen functional groups attached to an aromatic ring is 1. The number of anilines is 2. The largest absolute Gasteiger partial charge is 0.397 e. The van der Waals surface area contributed by atoms with Gasteiger partial charge in [0.2, 0.25) is 0 Å². The number of nitrogens with two attached hydrogens (primary N) is 1. The highest BCUT2D eigenvalue weighted by molar-refractivity contribution is 14.1. The lowest BCUT2D eigenvalue weighted by molar-refractivity contribution is 0.102. The molecular weight excluding hydrogens is 407 g/mol. The Morgan fingerprint density at radius 2 is 1.94 bits per heavy atom. The van der Waals surface area contributed by atoms with Crippen molar-refractivity contribution in [1.82, 2.24) is 0 Å². The summed E-state index contributed by atoms with van der Waals surface area (Å²) in [6.07, 6.45) is 0. The van der Waals surface area contributed by atoms with E-state index in [-0.39, 0.29) is 5.91 Å². The SMILES string of the molecule is Nc1cc(Br)ccc1NC(=O)c1ccccc1I. The number of carbonyl (C=O) groups is 1. The van der Waals surface area contributed by atoms with Gasteiger partial charge >= 0.3 is 0 Å². The van der Waals surface area contributed by atoms with Crippen LogP contribution in [-0.2, 0) is 0 Å². The first-order valence-electron chi connectivity index (χ1n) is 5.19. The molecule has 0 heterocycles. The van der Waals surface area contributed by atoms with E-state index in [1.54, 1.807) is 18.2 Å². The maximum absolute atomic E-state index is 12.1. The zero-order valence-electron chi connectivity index (χ0n) is 9.28. The first-order valence-corrected chi connectivity index (χ1v) is 7.06. The molecule has 2 aromatic carbocycles. The predicted molar refractivity (Wildman–Crippen MR) is 85.7 cm³/mol.